The number of carbonyl (C=O) groups is 2. The van der Waals surface area contributed by atoms with Gasteiger partial charge < -0.3 is 9.80 Å². The van der Waals surface area contributed by atoms with Crippen LogP contribution in [0.3, 0.4) is 0 Å². The van der Waals surface area contributed by atoms with Crippen LogP contribution in [0.5, 0.6) is 0 Å². The van der Waals surface area contributed by atoms with Crippen LogP contribution in [-0.2, 0) is 9.59 Å². The van der Waals surface area contributed by atoms with Gasteiger partial charge in [-0.05, 0) is 45.8 Å². The van der Waals surface area contributed by atoms with Crippen molar-refractivity contribution in [1.82, 2.24) is 9.80 Å². The Hall–Kier alpha value is -1.04. The summed E-state index contributed by atoms with van der Waals surface area (Å²) in [4.78, 5) is 27.2. The van der Waals surface area contributed by atoms with Crippen molar-refractivity contribution in [3.63, 3.8) is 0 Å². The van der Waals surface area contributed by atoms with Gasteiger partial charge in [-0.1, -0.05) is 20.8 Å². The number of hydrogen-bond acceptors (Lipinski definition) is 3. The minimum absolute atomic E-state index is 0.0713. The van der Waals surface area contributed by atoms with Crippen molar-refractivity contribution in [3.05, 3.63) is 0 Å². The summed E-state index contributed by atoms with van der Waals surface area (Å²) in [6.07, 6.45) is 1.55. The number of likely N-dealkylation sites (tertiary alicyclic amines) is 2. The molecule has 0 saturated carbocycles. The highest BCUT2D eigenvalue weighted by Crippen LogP contribution is 2.34. The molecule has 2 heterocycles. The highest BCUT2D eigenvalue weighted by molar-refractivity contribution is 5.82. The van der Waals surface area contributed by atoms with Gasteiger partial charge in [-0.15, -0.1) is 0 Å². The lowest BCUT2D eigenvalue weighted by atomic mass is 9.88. The number of alkyl halides is 2. The molecule has 1 amide bonds. The molecule has 1 atom stereocenters. The number of hydrogen-bond donors (Lipinski definition) is 0. The molecular formula is C17H30F2N2O2. The van der Waals surface area contributed by atoms with E-state index in [-0.39, 0.29) is 24.8 Å². The molecule has 0 N–H and O–H groups in total. The van der Waals surface area contributed by atoms with Gasteiger partial charge in [0.2, 0.25) is 5.91 Å². The second-order valence-corrected chi connectivity index (χ2v) is 6.18. The van der Waals surface area contributed by atoms with E-state index >= 15 is 0 Å². The maximum Gasteiger partial charge on any atom is 0.274 e. The standard InChI is InChI=1S/C15H24F2N2O2.C2H6/c1-3-18-7-4-12(5-8-18)14(21)19-9-6-13(11(2)20)15(16,17)10-19;1-2/h12-13H,3-10H2,1-2H3;1-2H3. The number of halogens is 2. The van der Waals surface area contributed by atoms with Gasteiger partial charge in [0, 0.05) is 12.5 Å². The minimum Gasteiger partial charge on any atom is -0.336 e. The van der Waals surface area contributed by atoms with Crippen LogP contribution in [0.2, 0.25) is 0 Å². The SMILES string of the molecule is CC.CCN1CCC(C(=O)N2CCC(C(C)=O)C(F)(F)C2)CC1. The fourth-order valence-electron chi connectivity index (χ4n) is 3.38. The number of carbonyl (C=O) groups excluding carboxylic acids is 2. The predicted molar refractivity (Wildman–Crippen MR) is 86.5 cm³/mol. The first-order valence-corrected chi connectivity index (χ1v) is 8.74. The third-order valence-electron chi connectivity index (χ3n) is 4.79. The molecule has 2 fully saturated rings. The lowest BCUT2D eigenvalue weighted by Gasteiger charge is -2.40. The first kappa shape index (κ1) is 20.0. The number of nitrogens with zero attached hydrogens (tertiary/aromatic N) is 2. The third-order valence-corrected chi connectivity index (χ3v) is 4.79. The Morgan fingerprint density at radius 1 is 1.09 bits per heavy atom. The van der Waals surface area contributed by atoms with Crippen molar-refractivity contribution in [2.75, 3.05) is 32.7 Å². The molecule has 0 radical (unpaired) electrons. The molecule has 0 spiro atoms. The van der Waals surface area contributed by atoms with E-state index in [1.807, 2.05) is 13.8 Å². The zero-order chi connectivity index (χ0) is 17.6. The number of amides is 1. The van der Waals surface area contributed by atoms with E-state index in [2.05, 4.69) is 11.8 Å². The molecule has 0 aromatic carbocycles. The van der Waals surface area contributed by atoms with Gasteiger partial charge in [0.05, 0.1) is 12.5 Å². The van der Waals surface area contributed by atoms with Crippen molar-refractivity contribution in [1.29, 1.82) is 0 Å². The number of piperidine rings is 2. The van der Waals surface area contributed by atoms with Crippen molar-refractivity contribution in [3.8, 4) is 0 Å². The molecular weight excluding hydrogens is 302 g/mol. The Bertz CT molecular complexity index is 407. The topological polar surface area (TPSA) is 40.6 Å². The van der Waals surface area contributed by atoms with E-state index in [1.54, 1.807) is 0 Å². The zero-order valence-electron chi connectivity index (χ0n) is 14.8. The van der Waals surface area contributed by atoms with E-state index in [9.17, 15) is 18.4 Å². The second kappa shape index (κ2) is 8.71. The second-order valence-electron chi connectivity index (χ2n) is 6.18. The van der Waals surface area contributed by atoms with Gasteiger partial charge in [-0.2, -0.15) is 0 Å². The first-order valence-electron chi connectivity index (χ1n) is 8.74. The third kappa shape index (κ3) is 4.96. The fraction of sp³-hybridized carbons (Fsp3) is 0.882. The van der Waals surface area contributed by atoms with Crippen LogP contribution < -0.4 is 0 Å². The number of Topliss-reactive ketones (excluding diaryl/α,β-unsaturated/α-hetero) is 1. The molecule has 2 rings (SSSR count). The zero-order valence-corrected chi connectivity index (χ0v) is 14.8. The maximum absolute atomic E-state index is 14.0. The quantitative estimate of drug-likeness (QED) is 0.798. The van der Waals surface area contributed by atoms with Crippen LogP contribution >= 0.6 is 0 Å². The minimum atomic E-state index is -3.09. The van der Waals surface area contributed by atoms with Crippen LogP contribution in [0.25, 0.3) is 0 Å². The van der Waals surface area contributed by atoms with Crippen molar-refractivity contribution in [2.24, 2.45) is 11.8 Å². The number of rotatable bonds is 3. The Balaban J connectivity index is 0.00000127. The van der Waals surface area contributed by atoms with Gasteiger partial charge in [0.15, 0.2) is 0 Å². The summed E-state index contributed by atoms with van der Waals surface area (Å²) in [5.74, 6) is -5.11. The fourth-order valence-corrected chi connectivity index (χ4v) is 3.38. The van der Waals surface area contributed by atoms with E-state index in [1.165, 1.54) is 11.8 Å². The average molecular weight is 332 g/mol. The molecule has 1 unspecified atom stereocenters. The Morgan fingerprint density at radius 2 is 1.65 bits per heavy atom. The van der Waals surface area contributed by atoms with Crippen LogP contribution in [0.4, 0.5) is 8.78 Å². The summed E-state index contributed by atoms with van der Waals surface area (Å²) >= 11 is 0. The van der Waals surface area contributed by atoms with Gasteiger partial charge in [0.1, 0.15) is 5.78 Å². The summed E-state index contributed by atoms with van der Waals surface area (Å²) in [5.41, 5.74) is 0. The summed E-state index contributed by atoms with van der Waals surface area (Å²) in [6.45, 7) is 9.62. The highest BCUT2D eigenvalue weighted by atomic mass is 19.3. The monoisotopic (exact) mass is 332 g/mol. The van der Waals surface area contributed by atoms with Crippen LogP contribution in [0.15, 0.2) is 0 Å². The highest BCUT2D eigenvalue weighted by Gasteiger charge is 2.48. The molecule has 23 heavy (non-hydrogen) atoms. The average Bonchev–Trinajstić information content (AvgIpc) is 2.54. The van der Waals surface area contributed by atoms with E-state index in [4.69, 9.17) is 0 Å². The van der Waals surface area contributed by atoms with Gasteiger partial charge in [-0.25, -0.2) is 8.78 Å². The lowest BCUT2D eigenvalue weighted by Crippen LogP contribution is -2.54. The molecule has 2 aliphatic rings. The summed E-state index contributed by atoms with van der Waals surface area (Å²) in [5, 5.41) is 0. The largest absolute Gasteiger partial charge is 0.336 e. The summed E-state index contributed by atoms with van der Waals surface area (Å²) in [6, 6.07) is 0. The Kier molecular flexibility index (Phi) is 7.58. The van der Waals surface area contributed by atoms with Gasteiger partial charge in [0.25, 0.3) is 5.92 Å². The van der Waals surface area contributed by atoms with Crippen LogP contribution in [-0.4, -0.2) is 60.1 Å². The molecule has 0 aliphatic carbocycles. The van der Waals surface area contributed by atoms with Crippen molar-refractivity contribution >= 4 is 11.7 Å². The smallest absolute Gasteiger partial charge is 0.274 e. The van der Waals surface area contributed by atoms with E-state index in [0.29, 0.717) is 0 Å². The van der Waals surface area contributed by atoms with Crippen LogP contribution in [0, 0.1) is 11.8 Å². The molecule has 6 heteroatoms. The lowest BCUT2D eigenvalue weighted by molar-refractivity contribution is -0.161. The molecule has 0 aromatic heterocycles. The Labute approximate surface area is 138 Å². The molecule has 0 aromatic rings. The summed E-state index contributed by atoms with van der Waals surface area (Å²) in [7, 11) is 0. The van der Waals surface area contributed by atoms with Crippen LogP contribution in [0.1, 0.15) is 47.0 Å². The van der Waals surface area contributed by atoms with E-state index < -0.39 is 24.2 Å². The maximum atomic E-state index is 14.0. The molecule has 134 valence electrons. The first-order chi connectivity index (χ1) is 10.8. The predicted octanol–water partition coefficient (Wildman–Crippen LogP) is 2.82. The Morgan fingerprint density at radius 3 is 2.09 bits per heavy atom. The van der Waals surface area contributed by atoms with E-state index in [0.717, 1.165) is 32.5 Å². The normalized spacial score (nSPS) is 25.5. The van der Waals surface area contributed by atoms with Gasteiger partial charge >= 0.3 is 0 Å². The summed E-state index contributed by atoms with van der Waals surface area (Å²) < 4.78 is 28.0. The molecule has 4 nitrogen and oxygen atoms in total. The van der Waals surface area contributed by atoms with Crippen molar-refractivity contribution in [2.45, 2.75) is 52.9 Å². The molecule has 2 saturated heterocycles. The van der Waals surface area contributed by atoms with Crippen molar-refractivity contribution < 1.29 is 18.4 Å². The number of ketones is 1. The van der Waals surface area contributed by atoms with Gasteiger partial charge in [-0.3, -0.25) is 9.59 Å². The molecule has 2 aliphatic heterocycles. The molecule has 0 bridgehead atoms.